The Morgan fingerprint density at radius 1 is 1.56 bits per heavy atom. The SMILES string of the molecule is CCSCCC(C)NC(=O)c1cc(C)nc(N)c1. The van der Waals surface area contributed by atoms with Gasteiger partial charge in [0.25, 0.3) is 5.91 Å². The number of hydrogen-bond donors (Lipinski definition) is 2. The quantitative estimate of drug-likeness (QED) is 0.776. The predicted molar refractivity (Wildman–Crippen MR) is 77.9 cm³/mol. The minimum atomic E-state index is -0.0822. The molecule has 0 saturated carbocycles. The fourth-order valence-electron chi connectivity index (χ4n) is 1.61. The average Bonchev–Trinajstić information content (AvgIpc) is 2.28. The Labute approximate surface area is 113 Å². The van der Waals surface area contributed by atoms with Crippen LogP contribution in [0, 0.1) is 6.92 Å². The number of carbonyl (C=O) groups excluding carboxylic acids is 1. The van der Waals surface area contributed by atoms with Crippen molar-refractivity contribution < 1.29 is 4.79 Å². The van der Waals surface area contributed by atoms with Crippen LogP contribution >= 0.6 is 11.8 Å². The van der Waals surface area contributed by atoms with Gasteiger partial charge in [-0.15, -0.1) is 0 Å². The lowest BCUT2D eigenvalue weighted by molar-refractivity contribution is 0.0939. The summed E-state index contributed by atoms with van der Waals surface area (Å²) in [6.07, 6.45) is 0.976. The summed E-state index contributed by atoms with van der Waals surface area (Å²) in [5, 5.41) is 2.97. The van der Waals surface area contributed by atoms with Crippen LogP contribution in [-0.4, -0.2) is 28.4 Å². The van der Waals surface area contributed by atoms with Crippen molar-refractivity contribution >= 4 is 23.5 Å². The molecule has 1 aromatic rings. The largest absolute Gasteiger partial charge is 0.384 e. The van der Waals surface area contributed by atoms with E-state index >= 15 is 0 Å². The van der Waals surface area contributed by atoms with Gasteiger partial charge in [0, 0.05) is 17.3 Å². The van der Waals surface area contributed by atoms with Crippen LogP contribution < -0.4 is 11.1 Å². The number of hydrogen-bond acceptors (Lipinski definition) is 4. The first-order valence-corrected chi connectivity index (χ1v) is 7.31. The van der Waals surface area contributed by atoms with Crippen LogP contribution in [0.25, 0.3) is 0 Å². The summed E-state index contributed by atoms with van der Waals surface area (Å²) in [7, 11) is 0. The zero-order valence-electron chi connectivity index (χ0n) is 11.2. The van der Waals surface area contributed by atoms with Crippen molar-refractivity contribution in [2.45, 2.75) is 33.2 Å². The lowest BCUT2D eigenvalue weighted by Gasteiger charge is -2.13. The second-order valence-corrected chi connectivity index (χ2v) is 5.68. The summed E-state index contributed by atoms with van der Waals surface area (Å²) >= 11 is 1.88. The van der Waals surface area contributed by atoms with Gasteiger partial charge in [-0.2, -0.15) is 11.8 Å². The first kappa shape index (κ1) is 14.8. The standard InChI is InChI=1S/C13H21N3OS/c1-4-18-6-5-9(2)16-13(17)11-7-10(3)15-12(14)8-11/h7-9H,4-6H2,1-3H3,(H2,14,15)(H,16,17). The molecule has 1 rings (SSSR count). The highest BCUT2D eigenvalue weighted by molar-refractivity contribution is 7.99. The Morgan fingerprint density at radius 3 is 2.89 bits per heavy atom. The maximum atomic E-state index is 12.0. The fourth-order valence-corrected chi connectivity index (χ4v) is 2.42. The molecule has 0 saturated heterocycles. The number of rotatable bonds is 6. The van der Waals surface area contributed by atoms with Gasteiger partial charge in [0.2, 0.25) is 0 Å². The fraction of sp³-hybridized carbons (Fsp3) is 0.538. The van der Waals surface area contributed by atoms with Gasteiger partial charge in [0.1, 0.15) is 5.82 Å². The van der Waals surface area contributed by atoms with Crippen LogP contribution in [0.2, 0.25) is 0 Å². The van der Waals surface area contributed by atoms with Crippen molar-refractivity contribution in [1.82, 2.24) is 10.3 Å². The van der Waals surface area contributed by atoms with Gasteiger partial charge in [0.05, 0.1) is 0 Å². The Morgan fingerprint density at radius 2 is 2.28 bits per heavy atom. The number of amides is 1. The number of nitrogens with one attached hydrogen (secondary N) is 1. The molecule has 100 valence electrons. The molecule has 1 aromatic heterocycles. The molecule has 0 spiro atoms. The second-order valence-electron chi connectivity index (χ2n) is 4.28. The third kappa shape index (κ3) is 4.96. The van der Waals surface area contributed by atoms with Gasteiger partial charge in [0.15, 0.2) is 0 Å². The number of aromatic nitrogens is 1. The molecule has 0 radical (unpaired) electrons. The number of carbonyl (C=O) groups is 1. The van der Waals surface area contributed by atoms with Gasteiger partial charge in [-0.1, -0.05) is 6.92 Å². The zero-order chi connectivity index (χ0) is 13.5. The normalized spacial score (nSPS) is 12.2. The van der Waals surface area contributed by atoms with Gasteiger partial charge in [-0.25, -0.2) is 4.98 Å². The summed E-state index contributed by atoms with van der Waals surface area (Å²) < 4.78 is 0. The van der Waals surface area contributed by atoms with E-state index in [1.807, 2.05) is 25.6 Å². The molecule has 1 amide bonds. The summed E-state index contributed by atoms with van der Waals surface area (Å²) in [5.74, 6) is 2.48. The number of thioether (sulfide) groups is 1. The monoisotopic (exact) mass is 267 g/mol. The van der Waals surface area contributed by atoms with Crippen LogP contribution in [-0.2, 0) is 0 Å². The average molecular weight is 267 g/mol. The molecule has 1 unspecified atom stereocenters. The van der Waals surface area contributed by atoms with Gasteiger partial charge in [-0.3, -0.25) is 4.79 Å². The number of nitrogen functional groups attached to an aromatic ring is 1. The van der Waals surface area contributed by atoms with Gasteiger partial charge < -0.3 is 11.1 Å². The number of anilines is 1. The number of aryl methyl sites for hydroxylation is 1. The first-order chi connectivity index (χ1) is 8.52. The minimum absolute atomic E-state index is 0.0822. The summed E-state index contributed by atoms with van der Waals surface area (Å²) in [4.78, 5) is 16.0. The van der Waals surface area contributed by atoms with E-state index in [4.69, 9.17) is 5.73 Å². The molecule has 0 bridgehead atoms. The Kier molecular flexibility index (Phi) is 5.98. The third-order valence-corrected chi connectivity index (χ3v) is 3.44. The zero-order valence-corrected chi connectivity index (χ0v) is 12.0. The number of nitrogens with zero attached hydrogens (tertiary/aromatic N) is 1. The van der Waals surface area contributed by atoms with E-state index in [0.29, 0.717) is 11.4 Å². The Balaban J connectivity index is 2.54. The van der Waals surface area contributed by atoms with Crippen LogP contribution in [0.4, 0.5) is 5.82 Å². The molecule has 5 heteroatoms. The molecule has 1 heterocycles. The summed E-state index contributed by atoms with van der Waals surface area (Å²) in [5.41, 5.74) is 6.97. The van der Waals surface area contributed by atoms with Crippen LogP contribution in [0.1, 0.15) is 36.3 Å². The van der Waals surface area contributed by atoms with E-state index in [9.17, 15) is 4.79 Å². The topological polar surface area (TPSA) is 68.0 Å². The van der Waals surface area contributed by atoms with Crippen LogP contribution in [0.15, 0.2) is 12.1 Å². The molecule has 0 aliphatic rings. The highest BCUT2D eigenvalue weighted by Crippen LogP contribution is 2.08. The second kappa shape index (κ2) is 7.26. The molecule has 1 atom stereocenters. The van der Waals surface area contributed by atoms with Crippen molar-refractivity contribution in [3.8, 4) is 0 Å². The van der Waals surface area contributed by atoms with E-state index in [1.54, 1.807) is 12.1 Å². The highest BCUT2D eigenvalue weighted by Gasteiger charge is 2.10. The highest BCUT2D eigenvalue weighted by atomic mass is 32.2. The minimum Gasteiger partial charge on any atom is -0.384 e. The van der Waals surface area contributed by atoms with Crippen LogP contribution in [0.5, 0.6) is 0 Å². The number of nitrogens with two attached hydrogens (primary N) is 1. The van der Waals surface area contributed by atoms with E-state index in [-0.39, 0.29) is 11.9 Å². The molecule has 0 fully saturated rings. The Hall–Kier alpha value is -1.23. The van der Waals surface area contributed by atoms with Crippen LogP contribution in [0.3, 0.4) is 0 Å². The molecule has 0 aliphatic carbocycles. The first-order valence-electron chi connectivity index (χ1n) is 6.15. The van der Waals surface area contributed by atoms with Crippen molar-refractivity contribution in [2.75, 3.05) is 17.2 Å². The lowest BCUT2D eigenvalue weighted by Crippen LogP contribution is -2.33. The molecular weight excluding hydrogens is 246 g/mol. The van der Waals surface area contributed by atoms with E-state index in [0.717, 1.165) is 23.6 Å². The van der Waals surface area contributed by atoms with E-state index in [2.05, 4.69) is 17.2 Å². The maximum Gasteiger partial charge on any atom is 0.251 e. The van der Waals surface area contributed by atoms with Crippen molar-refractivity contribution in [1.29, 1.82) is 0 Å². The van der Waals surface area contributed by atoms with E-state index in [1.165, 1.54) is 0 Å². The van der Waals surface area contributed by atoms with E-state index < -0.39 is 0 Å². The molecule has 3 N–H and O–H groups in total. The maximum absolute atomic E-state index is 12.0. The molecule has 0 aromatic carbocycles. The lowest BCUT2D eigenvalue weighted by atomic mass is 10.2. The molecule has 18 heavy (non-hydrogen) atoms. The van der Waals surface area contributed by atoms with Gasteiger partial charge in [-0.05, 0) is 43.9 Å². The van der Waals surface area contributed by atoms with Crippen molar-refractivity contribution in [2.24, 2.45) is 0 Å². The Bertz CT molecular complexity index is 389. The number of pyridine rings is 1. The predicted octanol–water partition coefficient (Wildman–Crippen LogP) is 2.23. The van der Waals surface area contributed by atoms with Crippen molar-refractivity contribution in [3.63, 3.8) is 0 Å². The summed E-state index contributed by atoms with van der Waals surface area (Å²) in [6.45, 7) is 5.98. The van der Waals surface area contributed by atoms with Gasteiger partial charge >= 0.3 is 0 Å². The molecular formula is C13H21N3OS. The third-order valence-electron chi connectivity index (χ3n) is 2.51. The molecule has 4 nitrogen and oxygen atoms in total. The smallest absolute Gasteiger partial charge is 0.251 e. The molecule has 0 aliphatic heterocycles. The summed E-state index contributed by atoms with van der Waals surface area (Å²) in [6, 6.07) is 3.53. The van der Waals surface area contributed by atoms with Crippen molar-refractivity contribution in [3.05, 3.63) is 23.4 Å².